The second-order valence-electron chi connectivity index (χ2n) is 7.07. The van der Waals surface area contributed by atoms with E-state index in [1.165, 1.54) is 0 Å². The molecule has 0 aliphatic rings. The van der Waals surface area contributed by atoms with Crippen LogP contribution in [-0.2, 0) is 4.79 Å². The number of anilines is 1. The molecule has 150 valence electrons. The Morgan fingerprint density at radius 1 is 0.968 bits per heavy atom. The van der Waals surface area contributed by atoms with Crippen molar-refractivity contribution >= 4 is 17.7 Å². The zero-order valence-electron chi connectivity index (χ0n) is 17.0. The Hall–Kier alpha value is -4.43. The van der Waals surface area contributed by atoms with E-state index in [1.807, 2.05) is 104 Å². The molecule has 0 aliphatic carbocycles. The van der Waals surface area contributed by atoms with Crippen LogP contribution in [-0.4, -0.2) is 15.7 Å². The highest BCUT2D eigenvalue weighted by atomic mass is 16.1. The van der Waals surface area contributed by atoms with Crippen LogP contribution in [0.4, 0.5) is 5.69 Å². The molecule has 0 saturated carbocycles. The number of aryl methyl sites for hydroxylation is 1. The number of benzene rings is 3. The number of carbonyl (C=O) groups excluding carboxylic acids is 1. The quantitative estimate of drug-likeness (QED) is 0.358. The lowest BCUT2D eigenvalue weighted by molar-refractivity contribution is -0.112. The Morgan fingerprint density at radius 3 is 2.26 bits per heavy atom. The third-order valence-electron chi connectivity index (χ3n) is 4.78. The van der Waals surface area contributed by atoms with Gasteiger partial charge < -0.3 is 5.32 Å². The predicted molar refractivity (Wildman–Crippen MR) is 122 cm³/mol. The molecule has 0 aliphatic heterocycles. The molecule has 0 atom stereocenters. The van der Waals surface area contributed by atoms with Gasteiger partial charge in [0.1, 0.15) is 11.6 Å². The van der Waals surface area contributed by atoms with Gasteiger partial charge in [0.25, 0.3) is 5.91 Å². The van der Waals surface area contributed by atoms with Gasteiger partial charge in [0.2, 0.25) is 0 Å². The SMILES string of the molecule is Cc1ccc(NC(=O)C(C#N)=Cc2cn(-c3ccccc3)nc2-c2ccccc2)cc1. The first kappa shape index (κ1) is 19.9. The molecule has 0 fully saturated rings. The summed E-state index contributed by atoms with van der Waals surface area (Å²) in [6, 6.07) is 28.9. The highest BCUT2D eigenvalue weighted by Gasteiger charge is 2.15. The monoisotopic (exact) mass is 404 g/mol. The number of carbonyl (C=O) groups is 1. The molecule has 4 aromatic rings. The van der Waals surface area contributed by atoms with Gasteiger partial charge in [-0.3, -0.25) is 4.79 Å². The zero-order valence-corrected chi connectivity index (χ0v) is 17.0. The Bertz CT molecular complexity index is 1260. The molecule has 1 aromatic heterocycles. The minimum atomic E-state index is -0.460. The lowest BCUT2D eigenvalue weighted by Crippen LogP contribution is -2.13. The molecule has 0 saturated heterocycles. The summed E-state index contributed by atoms with van der Waals surface area (Å²) < 4.78 is 1.75. The Morgan fingerprint density at radius 2 is 1.61 bits per heavy atom. The highest BCUT2D eigenvalue weighted by molar-refractivity contribution is 6.10. The summed E-state index contributed by atoms with van der Waals surface area (Å²) in [5.74, 6) is -0.460. The van der Waals surface area contributed by atoms with E-state index >= 15 is 0 Å². The molecule has 3 aromatic carbocycles. The van der Waals surface area contributed by atoms with Crippen LogP contribution in [0.1, 0.15) is 11.1 Å². The second-order valence-corrected chi connectivity index (χ2v) is 7.07. The molecule has 4 rings (SSSR count). The second kappa shape index (κ2) is 8.93. The van der Waals surface area contributed by atoms with Crippen molar-refractivity contribution in [1.29, 1.82) is 5.26 Å². The third-order valence-corrected chi connectivity index (χ3v) is 4.78. The van der Waals surface area contributed by atoms with E-state index in [2.05, 4.69) is 5.32 Å². The fraction of sp³-hybridized carbons (Fsp3) is 0.0385. The van der Waals surface area contributed by atoms with Crippen LogP contribution in [0.5, 0.6) is 0 Å². The van der Waals surface area contributed by atoms with Crippen LogP contribution < -0.4 is 5.32 Å². The van der Waals surface area contributed by atoms with E-state index in [1.54, 1.807) is 10.8 Å². The van der Waals surface area contributed by atoms with Crippen molar-refractivity contribution in [3.05, 3.63) is 108 Å². The molecule has 5 heteroatoms. The number of hydrogen-bond donors (Lipinski definition) is 1. The zero-order chi connectivity index (χ0) is 21.6. The van der Waals surface area contributed by atoms with Gasteiger partial charge in [0, 0.05) is 23.0 Å². The van der Waals surface area contributed by atoms with E-state index in [9.17, 15) is 10.1 Å². The Labute approximate surface area is 180 Å². The fourth-order valence-electron chi connectivity index (χ4n) is 3.17. The van der Waals surface area contributed by atoms with Gasteiger partial charge in [-0.25, -0.2) is 4.68 Å². The van der Waals surface area contributed by atoms with Crippen LogP contribution in [0, 0.1) is 18.3 Å². The van der Waals surface area contributed by atoms with Gasteiger partial charge in [-0.2, -0.15) is 10.4 Å². The lowest BCUT2D eigenvalue weighted by Gasteiger charge is -2.05. The fourth-order valence-corrected chi connectivity index (χ4v) is 3.17. The summed E-state index contributed by atoms with van der Waals surface area (Å²) in [5.41, 5.74) is 4.91. The first-order valence-electron chi connectivity index (χ1n) is 9.84. The summed E-state index contributed by atoms with van der Waals surface area (Å²) in [4.78, 5) is 12.7. The van der Waals surface area contributed by atoms with Gasteiger partial charge in [0.15, 0.2) is 0 Å². The van der Waals surface area contributed by atoms with Crippen molar-refractivity contribution in [3.8, 4) is 23.0 Å². The molecule has 1 N–H and O–H groups in total. The summed E-state index contributed by atoms with van der Waals surface area (Å²) in [6.07, 6.45) is 3.41. The van der Waals surface area contributed by atoms with Crippen molar-refractivity contribution in [2.24, 2.45) is 0 Å². The topological polar surface area (TPSA) is 70.7 Å². The largest absolute Gasteiger partial charge is 0.321 e. The first-order valence-corrected chi connectivity index (χ1v) is 9.84. The number of aromatic nitrogens is 2. The average molecular weight is 404 g/mol. The van der Waals surface area contributed by atoms with Crippen molar-refractivity contribution in [2.45, 2.75) is 6.92 Å². The van der Waals surface area contributed by atoms with Gasteiger partial charge in [0.05, 0.1) is 11.4 Å². The van der Waals surface area contributed by atoms with Crippen LogP contribution in [0.25, 0.3) is 23.0 Å². The number of hydrogen-bond acceptors (Lipinski definition) is 3. The molecule has 5 nitrogen and oxygen atoms in total. The van der Waals surface area contributed by atoms with Crippen molar-refractivity contribution in [3.63, 3.8) is 0 Å². The summed E-state index contributed by atoms with van der Waals surface area (Å²) in [5, 5.41) is 17.2. The number of nitrogens with zero attached hydrogens (tertiary/aromatic N) is 3. The predicted octanol–water partition coefficient (Wildman–Crippen LogP) is 5.39. The molecule has 0 spiro atoms. The number of nitrogens with one attached hydrogen (secondary N) is 1. The van der Waals surface area contributed by atoms with Crippen LogP contribution in [0.2, 0.25) is 0 Å². The minimum absolute atomic E-state index is 0.00497. The number of para-hydroxylation sites is 1. The molecule has 0 radical (unpaired) electrons. The van der Waals surface area contributed by atoms with Crippen molar-refractivity contribution in [1.82, 2.24) is 9.78 Å². The normalized spacial score (nSPS) is 11.0. The van der Waals surface area contributed by atoms with Gasteiger partial charge >= 0.3 is 0 Å². The standard InChI is InChI=1S/C26H20N4O/c1-19-12-14-23(15-13-19)28-26(31)21(17-27)16-22-18-30(24-10-6-3-7-11-24)29-25(22)20-8-4-2-5-9-20/h2-16,18H,1H3,(H,28,31). The maximum atomic E-state index is 12.7. The van der Waals surface area contributed by atoms with E-state index in [4.69, 9.17) is 5.10 Å². The van der Waals surface area contributed by atoms with E-state index in [0.29, 0.717) is 16.9 Å². The molecular formula is C26H20N4O. The van der Waals surface area contributed by atoms with E-state index < -0.39 is 5.91 Å². The van der Waals surface area contributed by atoms with Gasteiger partial charge in [-0.15, -0.1) is 0 Å². The third kappa shape index (κ3) is 4.60. The molecule has 31 heavy (non-hydrogen) atoms. The molecule has 0 bridgehead atoms. The van der Waals surface area contributed by atoms with E-state index in [-0.39, 0.29) is 5.57 Å². The lowest BCUT2D eigenvalue weighted by atomic mass is 10.1. The molecule has 0 unspecified atom stereocenters. The molecule has 1 amide bonds. The van der Waals surface area contributed by atoms with Gasteiger partial charge in [-0.1, -0.05) is 66.2 Å². The summed E-state index contributed by atoms with van der Waals surface area (Å²) in [7, 11) is 0. The first-order chi connectivity index (χ1) is 15.1. The minimum Gasteiger partial charge on any atom is -0.321 e. The van der Waals surface area contributed by atoms with Gasteiger partial charge in [-0.05, 0) is 37.3 Å². The number of nitriles is 1. The van der Waals surface area contributed by atoms with Crippen LogP contribution >= 0.6 is 0 Å². The molecular weight excluding hydrogens is 384 g/mol. The van der Waals surface area contributed by atoms with Crippen molar-refractivity contribution in [2.75, 3.05) is 5.32 Å². The number of rotatable bonds is 5. The number of amides is 1. The smallest absolute Gasteiger partial charge is 0.266 e. The van der Waals surface area contributed by atoms with Crippen LogP contribution in [0.15, 0.2) is 96.7 Å². The maximum absolute atomic E-state index is 12.7. The summed E-state index contributed by atoms with van der Waals surface area (Å²) >= 11 is 0. The Balaban J connectivity index is 1.73. The van der Waals surface area contributed by atoms with Crippen molar-refractivity contribution < 1.29 is 4.79 Å². The highest BCUT2D eigenvalue weighted by Crippen LogP contribution is 2.26. The molecule has 1 heterocycles. The maximum Gasteiger partial charge on any atom is 0.266 e. The summed E-state index contributed by atoms with van der Waals surface area (Å²) in [6.45, 7) is 1.97. The average Bonchev–Trinajstić information content (AvgIpc) is 3.24. The van der Waals surface area contributed by atoms with Crippen LogP contribution in [0.3, 0.4) is 0 Å². The van der Waals surface area contributed by atoms with E-state index in [0.717, 1.165) is 16.8 Å². The Kier molecular flexibility index (Phi) is 5.72.